The van der Waals surface area contributed by atoms with Crippen LogP contribution in [0.25, 0.3) is 0 Å². The van der Waals surface area contributed by atoms with Gasteiger partial charge in [-0.15, -0.1) is 0 Å². The second kappa shape index (κ2) is 5.57. The minimum atomic E-state index is -0.455. The van der Waals surface area contributed by atoms with Crippen molar-refractivity contribution in [2.75, 3.05) is 18.4 Å². The lowest BCUT2D eigenvalue weighted by atomic mass is 9.96. The van der Waals surface area contributed by atoms with E-state index < -0.39 is 5.60 Å². The number of rotatable bonds is 2. The molecule has 1 saturated heterocycles. The van der Waals surface area contributed by atoms with E-state index in [2.05, 4.69) is 15.9 Å². The Morgan fingerprint density at radius 1 is 1.53 bits per heavy atom. The van der Waals surface area contributed by atoms with E-state index in [0.717, 1.165) is 11.1 Å². The Labute approximate surface area is 122 Å². The van der Waals surface area contributed by atoms with Gasteiger partial charge in [0, 0.05) is 24.3 Å². The number of hydrogen-bond acceptors (Lipinski definition) is 3. The lowest BCUT2D eigenvalue weighted by Crippen LogP contribution is -2.35. The van der Waals surface area contributed by atoms with Gasteiger partial charge in [-0.05, 0) is 38.8 Å². The molecule has 0 bridgehead atoms. The first-order valence-electron chi connectivity index (χ1n) is 6.48. The van der Waals surface area contributed by atoms with Gasteiger partial charge in [-0.25, -0.2) is 4.79 Å². The molecule has 1 aromatic heterocycles. The van der Waals surface area contributed by atoms with E-state index in [1.165, 1.54) is 0 Å². The van der Waals surface area contributed by atoms with Gasteiger partial charge in [0.05, 0.1) is 6.26 Å². The first-order chi connectivity index (χ1) is 8.90. The van der Waals surface area contributed by atoms with Gasteiger partial charge >= 0.3 is 6.09 Å². The van der Waals surface area contributed by atoms with E-state index in [1.807, 2.05) is 32.9 Å². The van der Waals surface area contributed by atoms with Crippen LogP contribution in [0.3, 0.4) is 0 Å². The second-order valence-electron chi connectivity index (χ2n) is 5.92. The molecule has 0 spiro atoms. The molecule has 2 rings (SSSR count). The van der Waals surface area contributed by atoms with Crippen LogP contribution in [0.4, 0.5) is 4.79 Å². The summed E-state index contributed by atoms with van der Waals surface area (Å²) < 4.78 is 10.9. The lowest BCUT2D eigenvalue weighted by Gasteiger charge is -2.24. The van der Waals surface area contributed by atoms with Crippen molar-refractivity contribution >= 4 is 22.0 Å². The van der Waals surface area contributed by atoms with E-state index in [4.69, 9.17) is 9.15 Å². The molecule has 2 atom stereocenters. The highest BCUT2D eigenvalue weighted by Gasteiger charge is 2.38. The van der Waals surface area contributed by atoms with Crippen LogP contribution in [0.1, 0.15) is 32.4 Å². The maximum atomic E-state index is 12.1. The first-order valence-corrected chi connectivity index (χ1v) is 7.60. The average Bonchev–Trinajstić information content (AvgIpc) is 2.95. The van der Waals surface area contributed by atoms with Crippen LogP contribution >= 0.6 is 15.9 Å². The van der Waals surface area contributed by atoms with Gasteiger partial charge in [0.2, 0.25) is 0 Å². The Kier molecular flexibility index (Phi) is 4.23. The molecule has 0 aromatic carbocycles. The van der Waals surface area contributed by atoms with Crippen LogP contribution in [0.15, 0.2) is 22.8 Å². The van der Waals surface area contributed by atoms with Gasteiger partial charge in [-0.2, -0.15) is 0 Å². The predicted octanol–water partition coefficient (Wildman–Crippen LogP) is 3.63. The number of likely N-dealkylation sites (tertiary alicyclic amines) is 1. The summed E-state index contributed by atoms with van der Waals surface area (Å²) in [5.74, 6) is 1.54. The molecule has 0 aliphatic carbocycles. The third-order valence-electron chi connectivity index (χ3n) is 3.20. The first kappa shape index (κ1) is 14.4. The van der Waals surface area contributed by atoms with Crippen LogP contribution in [-0.2, 0) is 4.74 Å². The van der Waals surface area contributed by atoms with Crippen LogP contribution in [0, 0.1) is 5.92 Å². The number of nitrogens with zero attached hydrogens (tertiary/aromatic N) is 1. The molecule has 0 unspecified atom stereocenters. The molecule has 19 heavy (non-hydrogen) atoms. The topological polar surface area (TPSA) is 42.7 Å². The molecule has 5 heteroatoms. The summed E-state index contributed by atoms with van der Waals surface area (Å²) >= 11 is 3.52. The van der Waals surface area contributed by atoms with Crippen molar-refractivity contribution < 1.29 is 13.9 Å². The summed E-state index contributed by atoms with van der Waals surface area (Å²) in [6.45, 7) is 7.00. The highest BCUT2D eigenvalue weighted by molar-refractivity contribution is 9.09. The molecule has 106 valence electrons. The number of carbonyl (C=O) groups is 1. The minimum Gasteiger partial charge on any atom is -0.469 e. The van der Waals surface area contributed by atoms with Crippen molar-refractivity contribution in [3.63, 3.8) is 0 Å². The minimum absolute atomic E-state index is 0.238. The second-order valence-corrected chi connectivity index (χ2v) is 6.57. The fraction of sp³-hybridized carbons (Fsp3) is 0.643. The van der Waals surface area contributed by atoms with Crippen molar-refractivity contribution in [3.8, 4) is 0 Å². The average molecular weight is 330 g/mol. The molecule has 0 radical (unpaired) electrons. The number of hydrogen-bond donors (Lipinski definition) is 0. The number of ether oxygens (including phenoxy) is 1. The fourth-order valence-electron chi connectivity index (χ4n) is 2.33. The van der Waals surface area contributed by atoms with Crippen LogP contribution in [0.5, 0.6) is 0 Å². The van der Waals surface area contributed by atoms with Gasteiger partial charge in [-0.3, -0.25) is 0 Å². The van der Waals surface area contributed by atoms with Crippen LogP contribution in [-0.4, -0.2) is 35.0 Å². The van der Waals surface area contributed by atoms with Crippen molar-refractivity contribution in [1.29, 1.82) is 0 Å². The Balaban J connectivity index is 2.05. The van der Waals surface area contributed by atoms with E-state index >= 15 is 0 Å². The van der Waals surface area contributed by atoms with E-state index in [-0.39, 0.29) is 12.0 Å². The Hall–Kier alpha value is -0.970. The SMILES string of the molecule is CC(C)(C)OC(=O)N1C[C@H](CBr)[C@@H](c2ccco2)C1. The summed E-state index contributed by atoms with van der Waals surface area (Å²) in [6.07, 6.45) is 1.43. The smallest absolute Gasteiger partial charge is 0.410 e. The summed E-state index contributed by atoms with van der Waals surface area (Å²) in [5, 5.41) is 0.845. The monoisotopic (exact) mass is 329 g/mol. The maximum absolute atomic E-state index is 12.1. The summed E-state index contributed by atoms with van der Waals surface area (Å²) in [6, 6.07) is 3.86. The number of carbonyl (C=O) groups excluding carboxylic acids is 1. The number of alkyl halides is 1. The normalized spacial score (nSPS) is 23.7. The van der Waals surface area contributed by atoms with Gasteiger partial charge in [-0.1, -0.05) is 15.9 Å². The molecular formula is C14H20BrNO3. The Morgan fingerprint density at radius 3 is 2.79 bits per heavy atom. The lowest BCUT2D eigenvalue weighted by molar-refractivity contribution is 0.0287. The maximum Gasteiger partial charge on any atom is 0.410 e. The van der Waals surface area contributed by atoms with Crippen molar-refractivity contribution in [1.82, 2.24) is 4.90 Å². The molecular weight excluding hydrogens is 310 g/mol. The molecule has 0 N–H and O–H groups in total. The zero-order valence-electron chi connectivity index (χ0n) is 11.6. The Morgan fingerprint density at radius 2 is 2.26 bits per heavy atom. The van der Waals surface area contributed by atoms with Crippen molar-refractivity contribution in [2.24, 2.45) is 5.92 Å². The van der Waals surface area contributed by atoms with E-state index in [9.17, 15) is 4.79 Å². The van der Waals surface area contributed by atoms with Gasteiger partial charge in [0.25, 0.3) is 0 Å². The summed E-state index contributed by atoms with van der Waals surface area (Å²) in [5.41, 5.74) is -0.455. The van der Waals surface area contributed by atoms with Gasteiger partial charge in [0.15, 0.2) is 0 Å². The molecule has 4 nitrogen and oxygen atoms in total. The molecule has 0 saturated carbocycles. The number of halogens is 1. The third-order valence-corrected chi connectivity index (χ3v) is 4.03. The third kappa shape index (κ3) is 3.53. The van der Waals surface area contributed by atoms with E-state index in [0.29, 0.717) is 19.0 Å². The zero-order chi connectivity index (χ0) is 14.0. The Bertz CT molecular complexity index is 424. The quantitative estimate of drug-likeness (QED) is 0.778. The predicted molar refractivity (Wildman–Crippen MR) is 76.5 cm³/mol. The molecule has 1 amide bonds. The highest BCUT2D eigenvalue weighted by Crippen LogP contribution is 2.34. The van der Waals surface area contributed by atoms with Crippen molar-refractivity contribution in [3.05, 3.63) is 24.2 Å². The molecule has 1 aliphatic rings. The highest BCUT2D eigenvalue weighted by atomic mass is 79.9. The van der Waals surface area contributed by atoms with Gasteiger partial charge in [0.1, 0.15) is 11.4 Å². The van der Waals surface area contributed by atoms with E-state index in [1.54, 1.807) is 11.2 Å². The fourth-order valence-corrected chi connectivity index (χ4v) is 2.98. The summed E-state index contributed by atoms with van der Waals surface area (Å²) in [4.78, 5) is 13.9. The molecule has 1 aromatic rings. The van der Waals surface area contributed by atoms with Crippen molar-refractivity contribution in [2.45, 2.75) is 32.3 Å². The van der Waals surface area contributed by atoms with Crippen LogP contribution in [0.2, 0.25) is 0 Å². The molecule has 1 fully saturated rings. The standard InChI is InChI=1S/C14H20BrNO3/c1-14(2,3)19-13(17)16-8-10(7-15)11(9-16)12-5-4-6-18-12/h4-6,10-11H,7-9H2,1-3H3/t10-,11-/m0/s1. The molecule has 2 heterocycles. The van der Waals surface area contributed by atoms with Gasteiger partial charge < -0.3 is 14.1 Å². The van der Waals surface area contributed by atoms with Crippen LogP contribution < -0.4 is 0 Å². The molecule has 1 aliphatic heterocycles. The zero-order valence-corrected chi connectivity index (χ0v) is 13.1. The number of furan rings is 1. The number of amides is 1. The largest absolute Gasteiger partial charge is 0.469 e. The summed E-state index contributed by atoms with van der Waals surface area (Å²) in [7, 11) is 0.